The lowest BCUT2D eigenvalue weighted by Gasteiger charge is -2.45. The number of hydrogen-bond acceptors (Lipinski definition) is 15. The van der Waals surface area contributed by atoms with E-state index in [-0.39, 0.29) is 43.7 Å². The molecule has 0 radical (unpaired) electrons. The lowest BCUT2D eigenvalue weighted by molar-refractivity contribution is -0.227. The molecule has 58 heavy (non-hydrogen) atoms. The molecule has 0 aromatic carbocycles. The summed E-state index contributed by atoms with van der Waals surface area (Å²) in [6.45, 7) is 8.48. The van der Waals surface area contributed by atoms with Crippen LogP contribution in [0.3, 0.4) is 0 Å². The van der Waals surface area contributed by atoms with Crippen LogP contribution in [0.2, 0.25) is 0 Å². The van der Waals surface area contributed by atoms with Crippen molar-refractivity contribution in [2.24, 2.45) is 11.8 Å². The fourth-order valence-corrected chi connectivity index (χ4v) is 8.68. The van der Waals surface area contributed by atoms with Gasteiger partial charge in [-0.25, -0.2) is 14.4 Å². The minimum atomic E-state index is -1.35. The Bertz CT molecular complexity index is 2150. The van der Waals surface area contributed by atoms with Crippen LogP contribution in [-0.2, 0) is 23.7 Å². The highest BCUT2D eigenvalue weighted by atomic mass is 16.6. The summed E-state index contributed by atoms with van der Waals surface area (Å²) < 4.78 is 32.3. The number of aliphatic hydroxyl groups excluding tert-OH is 3. The van der Waals surface area contributed by atoms with E-state index in [1.54, 1.807) is 0 Å². The maximum absolute atomic E-state index is 11.9. The van der Waals surface area contributed by atoms with Crippen molar-refractivity contribution in [1.29, 1.82) is 0 Å². The van der Waals surface area contributed by atoms with Gasteiger partial charge in [-0.3, -0.25) is 43.0 Å². The van der Waals surface area contributed by atoms with Gasteiger partial charge in [-0.15, -0.1) is 0 Å². The summed E-state index contributed by atoms with van der Waals surface area (Å²) in [7, 11) is 0. The molecule has 0 bridgehead atoms. The Hall–Kier alpha value is -4.32. The lowest BCUT2D eigenvalue weighted by Crippen LogP contribution is -2.57. The smallest absolute Gasteiger partial charge is 0.330 e. The SMILES string of the molecule is CC[C@H]1O[C@@H](n2ccc(=O)[nH]c2=O)[C@@](O)(CCO)[C@@H]1C.CC[C@H]1O[C@@H](n2ccc(=O)[nH]c2=O)[C@@]2(CCO2)[C@@H]1C.O=c1ccn([C@@H]2O[C@H](CO)[C@@H](O)[C@]23CCO3)c(=O)[nH]1. The van der Waals surface area contributed by atoms with Crippen LogP contribution in [0, 0.1) is 11.8 Å². The summed E-state index contributed by atoms with van der Waals surface area (Å²) in [4.78, 5) is 75.4. The average molecular weight is 821 g/mol. The Labute approximate surface area is 329 Å². The Kier molecular flexibility index (Phi) is 12.8. The van der Waals surface area contributed by atoms with Gasteiger partial charge < -0.3 is 44.1 Å². The number of nitrogens with one attached hydrogen (secondary N) is 3. The normalized spacial score (nSPS) is 36.1. The Morgan fingerprint density at radius 3 is 1.43 bits per heavy atom. The molecule has 21 nitrogen and oxygen atoms in total. The van der Waals surface area contributed by atoms with Gasteiger partial charge in [0, 0.05) is 74.5 Å². The Morgan fingerprint density at radius 2 is 1.05 bits per heavy atom. The summed E-state index contributed by atoms with van der Waals surface area (Å²) >= 11 is 0. The molecule has 3 aromatic heterocycles. The number of nitrogens with zero attached hydrogens (tertiary/aromatic N) is 3. The minimum absolute atomic E-state index is 0.0733. The zero-order valence-corrected chi connectivity index (χ0v) is 32.6. The van der Waals surface area contributed by atoms with Crippen molar-refractivity contribution in [3.63, 3.8) is 0 Å². The van der Waals surface area contributed by atoms with Crippen molar-refractivity contribution >= 4 is 0 Å². The van der Waals surface area contributed by atoms with E-state index in [9.17, 15) is 49.2 Å². The van der Waals surface area contributed by atoms with E-state index in [0.29, 0.717) is 26.1 Å². The first kappa shape index (κ1) is 43.3. The molecule has 5 aliphatic heterocycles. The van der Waals surface area contributed by atoms with E-state index in [4.69, 9.17) is 23.7 Å². The van der Waals surface area contributed by atoms with Crippen LogP contribution in [0.25, 0.3) is 0 Å². The maximum atomic E-state index is 11.9. The van der Waals surface area contributed by atoms with Crippen LogP contribution in [0.15, 0.2) is 65.6 Å². The van der Waals surface area contributed by atoms with Crippen LogP contribution in [-0.4, -0.2) is 117 Å². The van der Waals surface area contributed by atoms with Crippen molar-refractivity contribution in [1.82, 2.24) is 28.7 Å². The number of rotatable bonds is 8. The van der Waals surface area contributed by atoms with Crippen molar-refractivity contribution in [2.45, 2.75) is 120 Å². The third-order valence-corrected chi connectivity index (χ3v) is 12.2. The second-order valence-corrected chi connectivity index (χ2v) is 15.2. The first-order valence-electron chi connectivity index (χ1n) is 19.4. The van der Waals surface area contributed by atoms with E-state index in [0.717, 1.165) is 12.8 Å². The highest BCUT2D eigenvalue weighted by molar-refractivity contribution is 5.08. The largest absolute Gasteiger partial charge is 0.396 e. The fourth-order valence-electron chi connectivity index (χ4n) is 8.68. The van der Waals surface area contributed by atoms with Crippen LogP contribution in [0.5, 0.6) is 0 Å². The predicted octanol–water partition coefficient (Wildman–Crippen LogP) is -1.82. The molecule has 8 heterocycles. The van der Waals surface area contributed by atoms with E-state index in [2.05, 4.69) is 28.8 Å². The molecule has 5 fully saturated rings. The number of aromatic amines is 3. The van der Waals surface area contributed by atoms with Crippen molar-refractivity contribution in [3.05, 3.63) is 99.3 Å². The number of hydrogen-bond donors (Lipinski definition) is 7. The van der Waals surface area contributed by atoms with E-state index >= 15 is 0 Å². The summed E-state index contributed by atoms with van der Waals surface area (Å²) in [5, 5.41) is 39.3. The van der Waals surface area contributed by atoms with Gasteiger partial charge in [0.05, 0.1) is 32.0 Å². The molecule has 3 aromatic rings. The lowest BCUT2D eigenvalue weighted by atomic mass is 9.79. The van der Waals surface area contributed by atoms with Crippen molar-refractivity contribution in [3.8, 4) is 0 Å². The van der Waals surface area contributed by atoms with Gasteiger partial charge in [0.25, 0.3) is 16.7 Å². The topological polar surface area (TPSA) is 292 Å². The molecular formula is C37H52N6O15. The molecule has 5 saturated heterocycles. The summed E-state index contributed by atoms with van der Waals surface area (Å²) in [5.74, 6) is -0.00134. The second-order valence-electron chi connectivity index (χ2n) is 15.2. The molecule has 0 amide bonds. The number of aliphatic hydroxyl groups is 4. The van der Waals surface area contributed by atoms with Gasteiger partial charge in [-0.1, -0.05) is 27.7 Å². The van der Waals surface area contributed by atoms with Crippen molar-refractivity contribution < 1.29 is 44.1 Å². The summed E-state index contributed by atoms with van der Waals surface area (Å²) in [5.41, 5.74) is -5.95. The third kappa shape index (κ3) is 7.54. The van der Waals surface area contributed by atoms with E-state index in [1.807, 2.05) is 13.8 Å². The van der Waals surface area contributed by atoms with Gasteiger partial charge in [0.2, 0.25) is 0 Å². The van der Waals surface area contributed by atoms with E-state index < -0.39 is 81.4 Å². The molecule has 0 saturated carbocycles. The van der Waals surface area contributed by atoms with E-state index in [1.165, 1.54) is 50.5 Å². The monoisotopic (exact) mass is 820 g/mol. The third-order valence-electron chi connectivity index (χ3n) is 12.2. The molecule has 12 atom stereocenters. The molecule has 0 aliphatic carbocycles. The standard InChI is InChI=1S/C13H20N2O5.C13H18N2O4.C11H14N2O6/c1-3-9-8(2)13(19,5-7-16)11(20-9)15-6-4-10(17)14-12(15)18;1-3-9-8(2)13(5-7-18-13)11(19-9)15-6-4-10(16)14-12(15)17;14-5-6-8(16)11(2-4-18-11)9(19-6)13-3-1-7(15)12-10(13)17/h4,6,8-9,11,16,19H,3,5,7H2,1-2H3,(H,14,17,18);4,6,8-9,11H,3,5,7H2,1-2H3,(H,14,16,17);1,3,6,8-9,14,16H,2,4-5H2,(H,12,15,17)/t2*8-,9-,11-,13-;6-,8-,9-,11-/m111/s1. The first-order valence-corrected chi connectivity index (χ1v) is 19.4. The highest BCUT2D eigenvalue weighted by Crippen LogP contribution is 2.52. The molecule has 21 heteroatoms. The van der Waals surface area contributed by atoms with Crippen molar-refractivity contribution in [2.75, 3.05) is 26.4 Å². The maximum Gasteiger partial charge on any atom is 0.330 e. The van der Waals surface area contributed by atoms with Crippen LogP contribution >= 0.6 is 0 Å². The Morgan fingerprint density at radius 1 is 0.655 bits per heavy atom. The molecule has 2 spiro atoms. The van der Waals surface area contributed by atoms with Gasteiger partial charge in [-0.2, -0.15) is 0 Å². The molecule has 8 rings (SSSR count). The zero-order chi connectivity index (χ0) is 42.2. The summed E-state index contributed by atoms with van der Waals surface area (Å²) in [6, 6.07) is 3.73. The predicted molar refractivity (Wildman–Crippen MR) is 201 cm³/mol. The number of ether oxygens (including phenoxy) is 5. The van der Waals surface area contributed by atoms with Gasteiger partial charge in [0.15, 0.2) is 18.7 Å². The molecule has 7 N–H and O–H groups in total. The van der Waals surface area contributed by atoms with Crippen LogP contribution in [0.1, 0.15) is 78.5 Å². The van der Waals surface area contributed by atoms with Gasteiger partial charge in [0.1, 0.15) is 29.0 Å². The number of H-pyrrole nitrogens is 3. The fraction of sp³-hybridized carbons (Fsp3) is 0.676. The Balaban J connectivity index is 0.000000147. The molecule has 320 valence electrons. The van der Waals surface area contributed by atoms with Gasteiger partial charge >= 0.3 is 17.1 Å². The van der Waals surface area contributed by atoms with Gasteiger partial charge in [-0.05, 0) is 12.8 Å². The average Bonchev–Trinajstić information content (AvgIpc) is 3.72. The molecular weight excluding hydrogens is 768 g/mol. The van der Waals surface area contributed by atoms with Crippen LogP contribution in [0.4, 0.5) is 0 Å². The zero-order valence-electron chi connectivity index (χ0n) is 32.6. The summed E-state index contributed by atoms with van der Waals surface area (Å²) in [6.07, 6.45) is 2.93. The highest BCUT2D eigenvalue weighted by Gasteiger charge is 2.62. The first-order chi connectivity index (χ1) is 27.6. The minimum Gasteiger partial charge on any atom is -0.396 e. The second kappa shape index (κ2) is 17.1. The molecule has 0 unspecified atom stereocenters. The number of aromatic nitrogens is 6. The molecule has 5 aliphatic rings. The quantitative estimate of drug-likeness (QED) is 0.132. The van der Waals surface area contributed by atoms with Crippen LogP contribution < -0.4 is 33.7 Å².